The highest BCUT2D eigenvalue weighted by Crippen LogP contribution is 2.29. The summed E-state index contributed by atoms with van der Waals surface area (Å²) in [5.74, 6) is 0.818. The van der Waals surface area contributed by atoms with Gasteiger partial charge in [0.15, 0.2) is 0 Å². The van der Waals surface area contributed by atoms with E-state index in [2.05, 4.69) is 9.97 Å². The van der Waals surface area contributed by atoms with Crippen LogP contribution in [0.5, 0.6) is 0 Å². The molecule has 1 aromatic rings. The van der Waals surface area contributed by atoms with Crippen molar-refractivity contribution in [3.63, 3.8) is 0 Å². The van der Waals surface area contributed by atoms with E-state index in [1.54, 1.807) is 10.7 Å². The van der Waals surface area contributed by atoms with E-state index < -0.39 is 0 Å². The molecule has 0 saturated heterocycles. The first kappa shape index (κ1) is 8.75. The molecule has 4 heteroatoms. The van der Waals surface area contributed by atoms with Crippen LogP contribution < -0.4 is 4.42 Å². The minimum absolute atomic E-state index is 0.468. The van der Waals surface area contributed by atoms with Crippen molar-refractivity contribution >= 4 is 17.6 Å². The molecule has 1 saturated carbocycles. The largest absolute Gasteiger partial charge is 0.266 e. The lowest BCUT2D eigenvalue weighted by Gasteiger charge is -2.32. The molecule has 0 spiro atoms. The summed E-state index contributed by atoms with van der Waals surface area (Å²) in [4.78, 5) is 8.15. The van der Waals surface area contributed by atoms with Gasteiger partial charge in [0.05, 0.1) is 0 Å². The average Bonchev–Trinajstić information content (AvgIpc) is 2.01. The zero-order valence-corrected chi connectivity index (χ0v) is 8.33. The van der Waals surface area contributed by atoms with Crippen LogP contribution in [-0.2, 0) is 0 Å². The predicted octanol–water partition coefficient (Wildman–Crippen LogP) is 2.30. The number of anilines is 1. The van der Waals surface area contributed by atoms with E-state index in [0.29, 0.717) is 6.04 Å². The van der Waals surface area contributed by atoms with Gasteiger partial charge in [0.1, 0.15) is 12.1 Å². The molecule has 0 amide bonds. The first-order chi connectivity index (χ1) is 6.27. The number of hydrogen-bond acceptors (Lipinski definition) is 3. The maximum absolute atomic E-state index is 6.12. The van der Waals surface area contributed by atoms with Crippen LogP contribution >= 0.6 is 11.8 Å². The second kappa shape index (κ2) is 3.50. The molecule has 0 aromatic carbocycles. The highest BCUT2D eigenvalue weighted by Gasteiger charge is 2.24. The lowest BCUT2D eigenvalue weighted by molar-refractivity contribution is 0.420. The first-order valence-electron chi connectivity index (χ1n) is 4.51. The Balaban J connectivity index is 2.14. The van der Waals surface area contributed by atoms with E-state index in [-0.39, 0.29) is 0 Å². The second-order valence-corrected chi connectivity index (χ2v) is 3.78. The third-order valence-electron chi connectivity index (χ3n) is 2.40. The smallest absolute Gasteiger partial charge is 0.146 e. The molecule has 0 radical (unpaired) electrons. The Morgan fingerprint density at radius 3 is 2.77 bits per heavy atom. The molecule has 0 aliphatic heterocycles. The minimum Gasteiger partial charge on any atom is -0.266 e. The van der Waals surface area contributed by atoms with Gasteiger partial charge in [0, 0.05) is 29.6 Å². The summed E-state index contributed by atoms with van der Waals surface area (Å²) in [7, 11) is 0. The summed E-state index contributed by atoms with van der Waals surface area (Å²) in [5, 5.41) is 0. The lowest BCUT2D eigenvalue weighted by atomic mass is 9.93. The Morgan fingerprint density at radius 1 is 1.46 bits per heavy atom. The minimum atomic E-state index is 0.468. The molecule has 2 rings (SSSR count). The van der Waals surface area contributed by atoms with E-state index in [1.165, 1.54) is 19.3 Å². The Labute approximate surface area is 82.9 Å². The summed E-state index contributed by atoms with van der Waals surface area (Å²) in [6.07, 6.45) is 5.18. The molecule has 1 heterocycles. The predicted molar refractivity (Wildman–Crippen MR) is 52.7 cm³/mol. The fourth-order valence-corrected chi connectivity index (χ4v) is 1.65. The van der Waals surface area contributed by atoms with Crippen LogP contribution in [0, 0.1) is 6.92 Å². The van der Waals surface area contributed by atoms with Crippen LogP contribution in [0.2, 0.25) is 0 Å². The molecule has 0 atom stereocenters. The normalized spacial score (nSPS) is 16.8. The quantitative estimate of drug-likeness (QED) is 0.682. The van der Waals surface area contributed by atoms with Crippen LogP contribution in [0.25, 0.3) is 0 Å². The molecule has 1 fully saturated rings. The Bertz CT molecular complexity index is 299. The zero-order valence-electron chi connectivity index (χ0n) is 7.57. The van der Waals surface area contributed by atoms with E-state index in [1.807, 2.05) is 13.0 Å². The van der Waals surface area contributed by atoms with E-state index in [9.17, 15) is 0 Å². The van der Waals surface area contributed by atoms with Gasteiger partial charge >= 0.3 is 0 Å². The summed E-state index contributed by atoms with van der Waals surface area (Å²) < 4.78 is 1.73. The summed E-state index contributed by atoms with van der Waals surface area (Å²) in [6.45, 7) is 1.94. The summed E-state index contributed by atoms with van der Waals surface area (Å²) in [6, 6.07) is 2.38. The molecule has 0 unspecified atom stereocenters. The maximum atomic E-state index is 6.12. The van der Waals surface area contributed by atoms with Crippen LogP contribution in [0.3, 0.4) is 0 Å². The monoisotopic (exact) mass is 197 g/mol. The summed E-state index contributed by atoms with van der Waals surface area (Å²) >= 11 is 6.12. The fourth-order valence-electron chi connectivity index (χ4n) is 1.36. The molecule has 3 nitrogen and oxygen atoms in total. The Hall–Kier alpha value is -0.830. The van der Waals surface area contributed by atoms with E-state index >= 15 is 0 Å². The van der Waals surface area contributed by atoms with Gasteiger partial charge in [-0.1, -0.05) is 0 Å². The van der Waals surface area contributed by atoms with Gasteiger partial charge in [-0.25, -0.2) is 9.97 Å². The number of nitrogens with zero attached hydrogens (tertiary/aromatic N) is 3. The van der Waals surface area contributed by atoms with Crippen LogP contribution in [0.1, 0.15) is 25.0 Å². The number of hydrogen-bond donors (Lipinski definition) is 0. The highest BCUT2D eigenvalue weighted by molar-refractivity contribution is 6.25. The van der Waals surface area contributed by atoms with Gasteiger partial charge in [-0.15, -0.1) is 0 Å². The van der Waals surface area contributed by atoms with Crippen LogP contribution in [0.4, 0.5) is 5.82 Å². The van der Waals surface area contributed by atoms with Gasteiger partial charge in [-0.3, -0.25) is 4.42 Å². The zero-order chi connectivity index (χ0) is 9.26. The third-order valence-corrected chi connectivity index (χ3v) is 2.85. The topological polar surface area (TPSA) is 29.0 Å². The number of aryl methyl sites for hydroxylation is 1. The molecular weight excluding hydrogens is 186 g/mol. The van der Waals surface area contributed by atoms with Crippen LogP contribution in [-0.4, -0.2) is 16.0 Å². The van der Waals surface area contributed by atoms with Gasteiger partial charge in [-0.05, 0) is 26.2 Å². The van der Waals surface area contributed by atoms with Crippen molar-refractivity contribution in [1.29, 1.82) is 0 Å². The van der Waals surface area contributed by atoms with Crippen molar-refractivity contribution < 1.29 is 0 Å². The van der Waals surface area contributed by atoms with Crippen molar-refractivity contribution in [3.8, 4) is 0 Å². The Kier molecular flexibility index (Phi) is 2.36. The second-order valence-electron chi connectivity index (χ2n) is 3.41. The van der Waals surface area contributed by atoms with E-state index in [0.717, 1.165) is 11.5 Å². The first-order valence-corrected chi connectivity index (χ1v) is 4.85. The molecule has 70 valence electrons. The molecular formula is C9H12ClN3. The van der Waals surface area contributed by atoms with Gasteiger partial charge in [0.25, 0.3) is 0 Å². The van der Waals surface area contributed by atoms with Gasteiger partial charge < -0.3 is 0 Å². The van der Waals surface area contributed by atoms with Crippen molar-refractivity contribution in [3.05, 3.63) is 18.1 Å². The number of rotatable bonds is 2. The molecule has 13 heavy (non-hydrogen) atoms. The SMILES string of the molecule is Cc1cc(N(Cl)C2CCC2)ncn1. The third kappa shape index (κ3) is 1.75. The average molecular weight is 198 g/mol. The van der Waals surface area contributed by atoms with Crippen molar-refractivity contribution in [2.45, 2.75) is 32.2 Å². The highest BCUT2D eigenvalue weighted by atomic mass is 35.5. The van der Waals surface area contributed by atoms with Crippen LogP contribution in [0.15, 0.2) is 12.4 Å². The number of halogens is 1. The number of aromatic nitrogens is 2. The Morgan fingerprint density at radius 2 is 2.23 bits per heavy atom. The standard InChI is InChI=1S/C9H12ClN3/c1-7-5-9(12-6-11-7)13(10)8-3-2-4-8/h5-6,8H,2-4H2,1H3. The van der Waals surface area contributed by atoms with E-state index in [4.69, 9.17) is 11.8 Å². The molecule has 0 N–H and O–H groups in total. The van der Waals surface area contributed by atoms with Crippen molar-refractivity contribution in [2.24, 2.45) is 0 Å². The van der Waals surface area contributed by atoms with Gasteiger partial charge in [-0.2, -0.15) is 0 Å². The van der Waals surface area contributed by atoms with Crippen molar-refractivity contribution in [1.82, 2.24) is 9.97 Å². The molecule has 1 aromatic heterocycles. The lowest BCUT2D eigenvalue weighted by Crippen LogP contribution is -2.33. The summed E-state index contributed by atoms with van der Waals surface area (Å²) in [5.41, 5.74) is 0.954. The van der Waals surface area contributed by atoms with Crippen molar-refractivity contribution in [2.75, 3.05) is 4.42 Å². The molecule has 0 bridgehead atoms. The fraction of sp³-hybridized carbons (Fsp3) is 0.556. The van der Waals surface area contributed by atoms with Gasteiger partial charge in [0.2, 0.25) is 0 Å². The molecule has 1 aliphatic carbocycles. The molecule has 1 aliphatic rings. The maximum Gasteiger partial charge on any atom is 0.146 e.